The lowest BCUT2D eigenvalue weighted by Gasteiger charge is -2.19. The first-order valence-electron chi connectivity index (χ1n) is 6.31. The summed E-state index contributed by atoms with van der Waals surface area (Å²) in [6.45, 7) is 0.472. The van der Waals surface area contributed by atoms with E-state index < -0.39 is 11.9 Å². The molecule has 1 rings (SSSR count). The number of ether oxygens (including phenoxy) is 1. The van der Waals surface area contributed by atoms with Gasteiger partial charge in [0.05, 0.1) is 19.1 Å². The van der Waals surface area contributed by atoms with Crippen LogP contribution in [-0.2, 0) is 20.9 Å². The first-order chi connectivity index (χ1) is 9.58. The number of benzene rings is 1. The Morgan fingerprint density at radius 3 is 2.55 bits per heavy atom. The van der Waals surface area contributed by atoms with E-state index in [1.54, 1.807) is 11.9 Å². The zero-order valence-electron chi connectivity index (χ0n) is 11.7. The molecule has 0 saturated carbocycles. The molecule has 1 aromatic rings. The monoisotopic (exact) mass is 274 g/mol. The third-order valence-corrected chi connectivity index (χ3v) is 2.98. The van der Waals surface area contributed by atoms with Crippen molar-refractivity contribution in [3.8, 4) is 6.07 Å². The summed E-state index contributed by atoms with van der Waals surface area (Å²) in [5.41, 5.74) is 1.01. The Labute approximate surface area is 118 Å². The molecule has 0 aliphatic rings. The maximum absolute atomic E-state index is 12.1. The normalized spacial score (nSPS) is 11.2. The lowest BCUT2D eigenvalue weighted by atomic mass is 10.0. The van der Waals surface area contributed by atoms with Crippen molar-refractivity contribution in [2.45, 2.75) is 19.4 Å². The SMILES string of the molecule is COC(=O)C(CC#N)CC(=O)N(C)Cc1ccccc1. The Bertz CT molecular complexity index is 494. The molecule has 0 spiro atoms. The predicted molar refractivity (Wildman–Crippen MR) is 73.3 cm³/mol. The molecular formula is C15H18N2O3. The van der Waals surface area contributed by atoms with Crippen LogP contribution in [0.4, 0.5) is 0 Å². The first-order valence-corrected chi connectivity index (χ1v) is 6.31. The molecule has 0 radical (unpaired) electrons. The molecule has 0 saturated heterocycles. The van der Waals surface area contributed by atoms with Gasteiger partial charge in [0.15, 0.2) is 0 Å². The molecule has 0 aliphatic heterocycles. The molecule has 106 valence electrons. The third-order valence-electron chi connectivity index (χ3n) is 2.98. The van der Waals surface area contributed by atoms with Crippen LogP contribution in [0, 0.1) is 17.2 Å². The van der Waals surface area contributed by atoms with E-state index in [0.29, 0.717) is 6.54 Å². The van der Waals surface area contributed by atoms with Crippen molar-refractivity contribution in [2.24, 2.45) is 5.92 Å². The Morgan fingerprint density at radius 2 is 2.00 bits per heavy atom. The number of esters is 1. The van der Waals surface area contributed by atoms with Crippen LogP contribution in [0.3, 0.4) is 0 Å². The second-order valence-corrected chi connectivity index (χ2v) is 4.52. The standard InChI is InChI=1S/C15H18N2O3/c1-17(11-12-6-4-3-5-7-12)14(18)10-13(8-9-16)15(19)20-2/h3-7,13H,8,10-11H2,1-2H3. The minimum Gasteiger partial charge on any atom is -0.469 e. The second kappa shape index (κ2) is 7.95. The fraction of sp³-hybridized carbons (Fsp3) is 0.400. The summed E-state index contributed by atoms with van der Waals surface area (Å²) in [4.78, 5) is 25.1. The number of nitrogens with zero attached hydrogens (tertiary/aromatic N) is 2. The highest BCUT2D eigenvalue weighted by molar-refractivity contribution is 5.83. The van der Waals surface area contributed by atoms with Crippen molar-refractivity contribution in [1.82, 2.24) is 4.90 Å². The number of nitriles is 1. The fourth-order valence-electron chi connectivity index (χ4n) is 1.83. The summed E-state index contributed by atoms with van der Waals surface area (Å²) >= 11 is 0. The average Bonchev–Trinajstić information content (AvgIpc) is 2.46. The van der Waals surface area contributed by atoms with Gasteiger partial charge in [0.25, 0.3) is 0 Å². The van der Waals surface area contributed by atoms with E-state index in [-0.39, 0.29) is 18.7 Å². The van der Waals surface area contributed by atoms with E-state index in [9.17, 15) is 9.59 Å². The topological polar surface area (TPSA) is 70.4 Å². The van der Waals surface area contributed by atoms with Crippen LogP contribution < -0.4 is 0 Å². The van der Waals surface area contributed by atoms with Gasteiger partial charge in [0.2, 0.25) is 5.91 Å². The van der Waals surface area contributed by atoms with Crippen LogP contribution in [0.15, 0.2) is 30.3 Å². The fourth-order valence-corrected chi connectivity index (χ4v) is 1.83. The highest BCUT2D eigenvalue weighted by Crippen LogP contribution is 2.13. The van der Waals surface area contributed by atoms with Crippen LogP contribution in [-0.4, -0.2) is 30.9 Å². The summed E-state index contributed by atoms with van der Waals surface area (Å²) in [5.74, 6) is -1.40. The highest BCUT2D eigenvalue weighted by atomic mass is 16.5. The first kappa shape index (κ1) is 15.7. The highest BCUT2D eigenvalue weighted by Gasteiger charge is 2.24. The average molecular weight is 274 g/mol. The summed E-state index contributed by atoms with van der Waals surface area (Å²) in [5, 5.41) is 8.69. The molecular weight excluding hydrogens is 256 g/mol. The summed E-state index contributed by atoms with van der Waals surface area (Å²) in [6, 6.07) is 11.5. The van der Waals surface area contributed by atoms with Crippen LogP contribution in [0.2, 0.25) is 0 Å². The van der Waals surface area contributed by atoms with Gasteiger partial charge in [-0.3, -0.25) is 9.59 Å². The van der Waals surface area contributed by atoms with E-state index in [4.69, 9.17) is 5.26 Å². The number of amides is 1. The number of carbonyl (C=O) groups excluding carboxylic acids is 2. The molecule has 5 nitrogen and oxygen atoms in total. The molecule has 0 aliphatic carbocycles. The molecule has 0 heterocycles. The van der Waals surface area contributed by atoms with E-state index in [1.807, 2.05) is 36.4 Å². The van der Waals surface area contributed by atoms with Crippen molar-refractivity contribution in [3.05, 3.63) is 35.9 Å². The zero-order valence-corrected chi connectivity index (χ0v) is 11.7. The summed E-state index contributed by atoms with van der Waals surface area (Å²) in [7, 11) is 2.93. The molecule has 0 bridgehead atoms. The van der Waals surface area contributed by atoms with Crippen molar-refractivity contribution in [2.75, 3.05) is 14.2 Å². The van der Waals surface area contributed by atoms with Gasteiger partial charge in [-0.15, -0.1) is 0 Å². The van der Waals surface area contributed by atoms with Crippen molar-refractivity contribution in [1.29, 1.82) is 5.26 Å². The van der Waals surface area contributed by atoms with Crippen molar-refractivity contribution >= 4 is 11.9 Å². The van der Waals surface area contributed by atoms with Crippen LogP contribution in [0.1, 0.15) is 18.4 Å². The Balaban J connectivity index is 2.60. The Kier molecular flexibility index (Phi) is 6.24. The largest absolute Gasteiger partial charge is 0.469 e. The van der Waals surface area contributed by atoms with Crippen molar-refractivity contribution in [3.63, 3.8) is 0 Å². The molecule has 0 aromatic heterocycles. The molecule has 1 aromatic carbocycles. The number of methoxy groups -OCH3 is 1. The van der Waals surface area contributed by atoms with Crippen LogP contribution in [0.5, 0.6) is 0 Å². The van der Waals surface area contributed by atoms with Gasteiger partial charge in [-0.1, -0.05) is 30.3 Å². The van der Waals surface area contributed by atoms with Gasteiger partial charge in [-0.25, -0.2) is 0 Å². The van der Waals surface area contributed by atoms with Crippen LogP contribution in [0.25, 0.3) is 0 Å². The molecule has 1 amide bonds. The molecule has 1 atom stereocenters. The van der Waals surface area contributed by atoms with Gasteiger partial charge >= 0.3 is 5.97 Å². The van der Waals surface area contributed by atoms with Gasteiger partial charge in [0.1, 0.15) is 0 Å². The van der Waals surface area contributed by atoms with Gasteiger partial charge in [-0.2, -0.15) is 5.26 Å². The van der Waals surface area contributed by atoms with Crippen molar-refractivity contribution < 1.29 is 14.3 Å². The lowest BCUT2D eigenvalue weighted by Crippen LogP contribution is -2.30. The number of hydrogen-bond donors (Lipinski definition) is 0. The van der Waals surface area contributed by atoms with Gasteiger partial charge in [0, 0.05) is 26.4 Å². The smallest absolute Gasteiger partial charge is 0.310 e. The van der Waals surface area contributed by atoms with E-state index in [0.717, 1.165) is 5.56 Å². The summed E-state index contributed by atoms with van der Waals surface area (Å²) in [6.07, 6.45) is -0.0266. The minimum absolute atomic E-state index is 0.0104. The van der Waals surface area contributed by atoms with E-state index >= 15 is 0 Å². The van der Waals surface area contributed by atoms with E-state index in [1.165, 1.54) is 7.11 Å². The number of carbonyl (C=O) groups is 2. The Hall–Kier alpha value is -2.35. The quantitative estimate of drug-likeness (QED) is 0.741. The lowest BCUT2D eigenvalue weighted by molar-refractivity contribution is -0.148. The number of hydrogen-bond acceptors (Lipinski definition) is 4. The van der Waals surface area contributed by atoms with E-state index in [2.05, 4.69) is 4.74 Å². The second-order valence-electron chi connectivity index (χ2n) is 4.52. The molecule has 0 fully saturated rings. The number of rotatable bonds is 6. The zero-order chi connectivity index (χ0) is 15.0. The predicted octanol–water partition coefficient (Wildman–Crippen LogP) is 1.74. The Morgan fingerprint density at radius 1 is 1.35 bits per heavy atom. The van der Waals surface area contributed by atoms with Crippen LogP contribution >= 0.6 is 0 Å². The summed E-state index contributed by atoms with van der Waals surface area (Å²) < 4.78 is 4.60. The molecule has 20 heavy (non-hydrogen) atoms. The van der Waals surface area contributed by atoms with Gasteiger partial charge in [-0.05, 0) is 5.56 Å². The molecule has 0 N–H and O–H groups in total. The molecule has 1 unspecified atom stereocenters. The minimum atomic E-state index is -0.698. The third kappa shape index (κ3) is 4.73. The molecule has 5 heteroatoms. The maximum Gasteiger partial charge on any atom is 0.310 e. The maximum atomic E-state index is 12.1. The van der Waals surface area contributed by atoms with Gasteiger partial charge < -0.3 is 9.64 Å².